The summed E-state index contributed by atoms with van der Waals surface area (Å²) in [7, 11) is 0. The third-order valence-electron chi connectivity index (χ3n) is 2.49. The normalized spacial score (nSPS) is 14.9. The SMILES string of the molecule is CCOC(=O)N1CCc2c(N)n[nH]c2C1. The van der Waals surface area contributed by atoms with Gasteiger partial charge in [-0.25, -0.2) is 4.79 Å². The number of rotatable bonds is 1. The minimum atomic E-state index is -0.281. The predicted molar refractivity (Wildman–Crippen MR) is 54.1 cm³/mol. The van der Waals surface area contributed by atoms with Crippen LogP contribution in [-0.4, -0.2) is 34.3 Å². The maximum Gasteiger partial charge on any atom is 0.410 e. The molecule has 2 heterocycles. The van der Waals surface area contributed by atoms with Gasteiger partial charge >= 0.3 is 6.09 Å². The van der Waals surface area contributed by atoms with E-state index in [1.54, 1.807) is 11.8 Å². The molecule has 1 aliphatic rings. The van der Waals surface area contributed by atoms with Gasteiger partial charge in [0.05, 0.1) is 18.8 Å². The molecule has 0 atom stereocenters. The highest BCUT2D eigenvalue weighted by Gasteiger charge is 2.24. The lowest BCUT2D eigenvalue weighted by Gasteiger charge is -2.25. The Labute approximate surface area is 87.4 Å². The van der Waals surface area contributed by atoms with Crippen LogP contribution >= 0.6 is 0 Å². The second kappa shape index (κ2) is 3.80. The second-order valence-electron chi connectivity index (χ2n) is 3.44. The summed E-state index contributed by atoms with van der Waals surface area (Å²) in [5.41, 5.74) is 7.60. The van der Waals surface area contributed by atoms with Crippen LogP contribution in [0, 0.1) is 0 Å². The van der Waals surface area contributed by atoms with E-state index >= 15 is 0 Å². The van der Waals surface area contributed by atoms with E-state index in [0.29, 0.717) is 25.5 Å². The number of hydrogen-bond donors (Lipinski definition) is 2. The highest BCUT2D eigenvalue weighted by atomic mass is 16.6. The van der Waals surface area contributed by atoms with E-state index in [9.17, 15) is 4.79 Å². The quantitative estimate of drug-likeness (QED) is 0.707. The van der Waals surface area contributed by atoms with E-state index in [1.165, 1.54) is 0 Å². The van der Waals surface area contributed by atoms with Crippen LogP contribution in [0.5, 0.6) is 0 Å². The summed E-state index contributed by atoms with van der Waals surface area (Å²) < 4.78 is 4.92. The van der Waals surface area contributed by atoms with Gasteiger partial charge in [0.2, 0.25) is 0 Å². The van der Waals surface area contributed by atoms with Crippen molar-refractivity contribution in [3.05, 3.63) is 11.3 Å². The van der Waals surface area contributed by atoms with E-state index in [1.807, 2.05) is 0 Å². The Bertz CT molecular complexity index is 374. The number of carbonyl (C=O) groups is 1. The molecule has 0 aromatic carbocycles. The van der Waals surface area contributed by atoms with Gasteiger partial charge in [-0.3, -0.25) is 5.10 Å². The van der Waals surface area contributed by atoms with Crippen LogP contribution in [0.1, 0.15) is 18.2 Å². The number of nitrogens with two attached hydrogens (primary N) is 1. The molecule has 6 nitrogen and oxygen atoms in total. The molecule has 1 aliphatic heterocycles. The number of nitrogen functional groups attached to an aromatic ring is 1. The van der Waals surface area contributed by atoms with Gasteiger partial charge in [-0.2, -0.15) is 5.10 Å². The minimum absolute atomic E-state index is 0.281. The zero-order chi connectivity index (χ0) is 10.8. The number of aromatic nitrogens is 2. The summed E-state index contributed by atoms with van der Waals surface area (Å²) in [4.78, 5) is 13.1. The van der Waals surface area contributed by atoms with Crippen molar-refractivity contribution >= 4 is 11.9 Å². The molecule has 0 aliphatic carbocycles. The number of nitrogens with zero attached hydrogens (tertiary/aromatic N) is 2. The number of H-pyrrole nitrogens is 1. The van der Waals surface area contributed by atoms with Gasteiger partial charge in [0.1, 0.15) is 5.82 Å². The molecule has 1 amide bonds. The first-order chi connectivity index (χ1) is 7.22. The molecule has 0 fully saturated rings. The van der Waals surface area contributed by atoms with Gasteiger partial charge in [0.15, 0.2) is 0 Å². The van der Waals surface area contributed by atoms with Crippen molar-refractivity contribution in [2.75, 3.05) is 18.9 Å². The zero-order valence-electron chi connectivity index (χ0n) is 8.62. The van der Waals surface area contributed by atoms with Crippen LogP contribution in [0.3, 0.4) is 0 Å². The highest BCUT2D eigenvalue weighted by molar-refractivity contribution is 5.68. The smallest absolute Gasteiger partial charge is 0.410 e. The summed E-state index contributed by atoms with van der Waals surface area (Å²) >= 11 is 0. The van der Waals surface area contributed by atoms with Crippen molar-refractivity contribution in [1.29, 1.82) is 0 Å². The van der Waals surface area contributed by atoms with E-state index in [4.69, 9.17) is 10.5 Å². The van der Waals surface area contributed by atoms with Gasteiger partial charge < -0.3 is 15.4 Å². The summed E-state index contributed by atoms with van der Waals surface area (Å²) in [5, 5.41) is 6.74. The number of nitrogens with one attached hydrogen (secondary N) is 1. The van der Waals surface area contributed by atoms with Gasteiger partial charge in [-0.05, 0) is 13.3 Å². The summed E-state index contributed by atoms with van der Waals surface area (Å²) in [6.45, 7) is 3.32. The largest absolute Gasteiger partial charge is 0.450 e. The molecule has 3 N–H and O–H groups in total. The van der Waals surface area contributed by atoms with Crippen molar-refractivity contribution < 1.29 is 9.53 Å². The van der Waals surface area contributed by atoms with Gasteiger partial charge in [-0.15, -0.1) is 0 Å². The third kappa shape index (κ3) is 1.74. The number of ether oxygens (including phenoxy) is 1. The van der Waals surface area contributed by atoms with Crippen molar-refractivity contribution in [1.82, 2.24) is 15.1 Å². The number of anilines is 1. The van der Waals surface area contributed by atoms with Crippen LogP contribution in [0.15, 0.2) is 0 Å². The molecular formula is C9H14N4O2. The van der Waals surface area contributed by atoms with Crippen LogP contribution in [-0.2, 0) is 17.7 Å². The minimum Gasteiger partial charge on any atom is -0.450 e. The lowest BCUT2D eigenvalue weighted by Crippen LogP contribution is -2.36. The Kier molecular flexibility index (Phi) is 2.49. The molecule has 0 unspecified atom stereocenters. The standard InChI is InChI=1S/C9H14N4O2/c1-2-15-9(14)13-4-3-6-7(5-13)11-12-8(6)10/h2-5H2,1H3,(H3,10,11,12). The lowest BCUT2D eigenvalue weighted by atomic mass is 10.1. The molecule has 1 aromatic heterocycles. The highest BCUT2D eigenvalue weighted by Crippen LogP contribution is 2.21. The van der Waals surface area contributed by atoms with Crippen LogP contribution in [0.4, 0.5) is 10.6 Å². The first kappa shape index (κ1) is 9.82. The fourth-order valence-corrected chi connectivity index (χ4v) is 1.71. The van der Waals surface area contributed by atoms with Gasteiger partial charge in [0.25, 0.3) is 0 Å². The average Bonchev–Trinajstić information content (AvgIpc) is 2.60. The maximum absolute atomic E-state index is 11.5. The van der Waals surface area contributed by atoms with Crippen LogP contribution < -0.4 is 5.73 Å². The molecule has 0 bridgehead atoms. The summed E-state index contributed by atoms with van der Waals surface area (Å²) in [6.07, 6.45) is 0.451. The predicted octanol–water partition coefficient (Wildman–Crippen LogP) is 0.506. The fourth-order valence-electron chi connectivity index (χ4n) is 1.71. The Morgan fingerprint density at radius 3 is 3.27 bits per heavy atom. The molecule has 2 rings (SSSR count). The average molecular weight is 210 g/mol. The molecular weight excluding hydrogens is 196 g/mol. The van der Waals surface area contributed by atoms with E-state index in [0.717, 1.165) is 17.7 Å². The number of hydrogen-bond acceptors (Lipinski definition) is 4. The Hall–Kier alpha value is -1.72. The first-order valence-electron chi connectivity index (χ1n) is 4.95. The maximum atomic E-state index is 11.5. The Morgan fingerprint density at radius 2 is 2.53 bits per heavy atom. The van der Waals surface area contributed by atoms with Gasteiger partial charge in [0, 0.05) is 12.1 Å². The van der Waals surface area contributed by atoms with Gasteiger partial charge in [-0.1, -0.05) is 0 Å². The Morgan fingerprint density at radius 1 is 1.73 bits per heavy atom. The van der Waals surface area contributed by atoms with Crippen molar-refractivity contribution in [3.63, 3.8) is 0 Å². The number of aromatic amines is 1. The molecule has 0 saturated carbocycles. The zero-order valence-corrected chi connectivity index (χ0v) is 8.62. The lowest BCUT2D eigenvalue weighted by molar-refractivity contribution is 0.102. The monoisotopic (exact) mass is 210 g/mol. The molecule has 0 radical (unpaired) electrons. The van der Waals surface area contributed by atoms with Crippen molar-refractivity contribution in [3.8, 4) is 0 Å². The van der Waals surface area contributed by atoms with E-state index in [-0.39, 0.29) is 6.09 Å². The molecule has 15 heavy (non-hydrogen) atoms. The van der Waals surface area contributed by atoms with Crippen LogP contribution in [0.25, 0.3) is 0 Å². The number of fused-ring (bicyclic) bond motifs is 1. The molecule has 1 aromatic rings. The fraction of sp³-hybridized carbons (Fsp3) is 0.556. The van der Waals surface area contributed by atoms with Crippen molar-refractivity contribution in [2.24, 2.45) is 0 Å². The summed E-state index contributed by atoms with van der Waals surface area (Å²) in [5.74, 6) is 0.536. The first-order valence-corrected chi connectivity index (χ1v) is 4.95. The molecule has 0 saturated heterocycles. The summed E-state index contributed by atoms with van der Waals surface area (Å²) in [6, 6.07) is 0. The van der Waals surface area contributed by atoms with Crippen LogP contribution in [0.2, 0.25) is 0 Å². The molecule has 0 spiro atoms. The van der Waals surface area contributed by atoms with Crippen molar-refractivity contribution in [2.45, 2.75) is 19.9 Å². The third-order valence-corrected chi connectivity index (χ3v) is 2.49. The topological polar surface area (TPSA) is 84.2 Å². The van der Waals surface area contributed by atoms with E-state index in [2.05, 4.69) is 10.2 Å². The second-order valence-corrected chi connectivity index (χ2v) is 3.44. The molecule has 6 heteroatoms. The molecule has 82 valence electrons. The van der Waals surface area contributed by atoms with E-state index < -0.39 is 0 Å². The number of carbonyl (C=O) groups excluding carboxylic acids is 1. The number of amides is 1. The Balaban J connectivity index is 2.09.